The van der Waals surface area contributed by atoms with Crippen LogP contribution in [0.1, 0.15) is 52.0 Å². The zero-order valence-corrected chi connectivity index (χ0v) is 17.5. The van der Waals surface area contributed by atoms with Crippen LogP contribution >= 0.6 is 0 Å². The molecule has 0 spiro atoms. The largest absolute Gasteiger partial charge is 0.338 e. The van der Waals surface area contributed by atoms with Gasteiger partial charge in [-0.25, -0.2) is 13.2 Å². The number of amides is 2. The van der Waals surface area contributed by atoms with Gasteiger partial charge in [0.25, 0.3) is 0 Å². The maximum absolute atomic E-state index is 12.8. The van der Waals surface area contributed by atoms with Gasteiger partial charge in [-0.2, -0.15) is 4.31 Å². The van der Waals surface area contributed by atoms with Crippen LogP contribution in [0, 0.1) is 5.92 Å². The second-order valence-corrected chi connectivity index (χ2v) is 9.61. The summed E-state index contributed by atoms with van der Waals surface area (Å²) in [5.74, 6) is 0.563. The van der Waals surface area contributed by atoms with E-state index in [1.54, 1.807) is 16.4 Å². The van der Waals surface area contributed by atoms with Gasteiger partial charge in [-0.3, -0.25) is 0 Å². The van der Waals surface area contributed by atoms with E-state index in [2.05, 4.69) is 24.5 Å². The minimum Gasteiger partial charge on any atom is -0.338 e. The zero-order valence-electron chi connectivity index (χ0n) is 16.7. The van der Waals surface area contributed by atoms with Crippen LogP contribution in [0.4, 0.5) is 4.79 Å². The molecule has 0 aliphatic carbocycles. The lowest BCUT2D eigenvalue weighted by atomic mass is 10.1. The van der Waals surface area contributed by atoms with Crippen LogP contribution < -0.4 is 10.6 Å². The average Bonchev–Trinajstić information content (AvgIpc) is 2.62. The Hall–Kier alpha value is -1.60. The number of sulfonamides is 1. The van der Waals surface area contributed by atoms with Gasteiger partial charge in [-0.1, -0.05) is 32.4 Å². The fourth-order valence-corrected chi connectivity index (χ4v) is 4.95. The highest BCUT2D eigenvalue weighted by molar-refractivity contribution is 7.89. The summed E-state index contributed by atoms with van der Waals surface area (Å²) >= 11 is 0. The molecule has 1 heterocycles. The Morgan fingerprint density at radius 2 is 1.81 bits per heavy atom. The van der Waals surface area contributed by atoms with Gasteiger partial charge in [0.2, 0.25) is 10.0 Å². The van der Waals surface area contributed by atoms with E-state index in [1.807, 2.05) is 19.1 Å². The first-order valence-corrected chi connectivity index (χ1v) is 11.4. The monoisotopic (exact) mass is 395 g/mol. The lowest BCUT2D eigenvalue weighted by Gasteiger charge is -2.32. The summed E-state index contributed by atoms with van der Waals surface area (Å²) in [6.07, 6.45) is 4.55. The van der Waals surface area contributed by atoms with Crippen molar-refractivity contribution < 1.29 is 13.2 Å². The van der Waals surface area contributed by atoms with Crippen LogP contribution in [-0.2, 0) is 16.4 Å². The number of urea groups is 1. The molecule has 1 unspecified atom stereocenters. The number of hydrogen-bond acceptors (Lipinski definition) is 3. The SMILES string of the molecule is CC(C)CCNC(=O)NCCc1ccc(S(=O)(=O)N2CCCCC2C)cc1. The van der Waals surface area contributed by atoms with Crippen LogP contribution in [0.15, 0.2) is 29.2 Å². The van der Waals surface area contributed by atoms with Crippen molar-refractivity contribution in [3.8, 4) is 0 Å². The van der Waals surface area contributed by atoms with Gasteiger partial charge in [0.05, 0.1) is 4.90 Å². The maximum Gasteiger partial charge on any atom is 0.314 e. The molecule has 1 aliphatic rings. The molecule has 1 aliphatic heterocycles. The Morgan fingerprint density at radius 1 is 1.15 bits per heavy atom. The standard InChI is InChI=1S/C20H33N3O3S/c1-16(2)11-13-21-20(24)22-14-12-18-7-9-19(10-8-18)27(25,26)23-15-5-4-6-17(23)3/h7-10,16-17H,4-6,11-15H2,1-3H3,(H2,21,22,24). The molecule has 1 fully saturated rings. The van der Waals surface area contributed by atoms with E-state index in [9.17, 15) is 13.2 Å². The Kier molecular flexibility index (Phi) is 8.10. The van der Waals surface area contributed by atoms with E-state index in [-0.39, 0.29) is 12.1 Å². The molecular formula is C20H33N3O3S. The van der Waals surface area contributed by atoms with E-state index >= 15 is 0 Å². The molecule has 152 valence electrons. The first-order chi connectivity index (χ1) is 12.8. The molecule has 1 aromatic rings. The van der Waals surface area contributed by atoms with Crippen molar-refractivity contribution >= 4 is 16.1 Å². The average molecular weight is 396 g/mol. The summed E-state index contributed by atoms with van der Waals surface area (Å²) in [5.41, 5.74) is 1.00. The summed E-state index contributed by atoms with van der Waals surface area (Å²) < 4.78 is 27.3. The van der Waals surface area contributed by atoms with Gasteiger partial charge in [0.15, 0.2) is 0 Å². The third-order valence-electron chi connectivity index (χ3n) is 4.98. The van der Waals surface area contributed by atoms with E-state index in [0.29, 0.717) is 36.9 Å². The molecule has 0 radical (unpaired) electrons. The molecular weight excluding hydrogens is 362 g/mol. The summed E-state index contributed by atoms with van der Waals surface area (Å²) in [6, 6.07) is 6.92. The first-order valence-electron chi connectivity index (χ1n) is 9.93. The highest BCUT2D eigenvalue weighted by Gasteiger charge is 2.30. The molecule has 1 saturated heterocycles. The Labute approximate surface area is 163 Å². The number of nitrogens with one attached hydrogen (secondary N) is 2. The van der Waals surface area contributed by atoms with Crippen LogP contribution in [0.25, 0.3) is 0 Å². The van der Waals surface area contributed by atoms with Gasteiger partial charge in [-0.15, -0.1) is 0 Å². The zero-order chi connectivity index (χ0) is 19.9. The van der Waals surface area contributed by atoms with E-state index < -0.39 is 10.0 Å². The van der Waals surface area contributed by atoms with E-state index in [4.69, 9.17) is 0 Å². The highest BCUT2D eigenvalue weighted by Crippen LogP contribution is 2.25. The third kappa shape index (κ3) is 6.50. The second-order valence-electron chi connectivity index (χ2n) is 7.72. The summed E-state index contributed by atoms with van der Waals surface area (Å²) in [6.45, 7) is 8.00. The lowest BCUT2D eigenvalue weighted by molar-refractivity contribution is 0.240. The van der Waals surface area contributed by atoms with Crippen LogP contribution in [0.3, 0.4) is 0 Å². The normalized spacial score (nSPS) is 18.4. The lowest BCUT2D eigenvalue weighted by Crippen LogP contribution is -2.41. The van der Waals surface area contributed by atoms with Gasteiger partial charge < -0.3 is 10.6 Å². The molecule has 2 N–H and O–H groups in total. The number of hydrogen-bond donors (Lipinski definition) is 2. The van der Waals surface area contributed by atoms with Crippen molar-refractivity contribution in [3.63, 3.8) is 0 Å². The molecule has 2 amide bonds. The third-order valence-corrected chi connectivity index (χ3v) is 7.01. The van der Waals surface area contributed by atoms with Crippen molar-refractivity contribution in [2.75, 3.05) is 19.6 Å². The Morgan fingerprint density at radius 3 is 2.44 bits per heavy atom. The molecule has 1 aromatic carbocycles. The fraction of sp³-hybridized carbons (Fsp3) is 0.650. The van der Waals surface area contributed by atoms with Crippen molar-refractivity contribution in [2.45, 2.75) is 63.8 Å². The van der Waals surface area contributed by atoms with Crippen LogP contribution in [0.2, 0.25) is 0 Å². The predicted octanol–water partition coefficient (Wildman–Crippen LogP) is 3.14. The van der Waals surface area contributed by atoms with Gasteiger partial charge >= 0.3 is 6.03 Å². The van der Waals surface area contributed by atoms with Crippen molar-refractivity contribution in [1.82, 2.24) is 14.9 Å². The number of benzene rings is 1. The fourth-order valence-electron chi connectivity index (χ4n) is 3.25. The van der Waals surface area contributed by atoms with Crippen molar-refractivity contribution in [1.29, 1.82) is 0 Å². The molecule has 0 saturated carbocycles. The number of carbonyl (C=O) groups is 1. The molecule has 7 heteroatoms. The summed E-state index contributed by atoms with van der Waals surface area (Å²) in [4.78, 5) is 12.0. The molecule has 0 aromatic heterocycles. The smallest absolute Gasteiger partial charge is 0.314 e. The number of rotatable bonds is 8. The number of piperidine rings is 1. The minimum absolute atomic E-state index is 0.0573. The summed E-state index contributed by atoms with van der Waals surface area (Å²) in [7, 11) is -3.43. The quantitative estimate of drug-likeness (QED) is 0.710. The highest BCUT2D eigenvalue weighted by atomic mass is 32.2. The van der Waals surface area contributed by atoms with E-state index in [0.717, 1.165) is 31.2 Å². The number of carbonyl (C=O) groups excluding carboxylic acids is 1. The molecule has 0 bridgehead atoms. The Balaban J connectivity index is 1.83. The molecule has 27 heavy (non-hydrogen) atoms. The topological polar surface area (TPSA) is 78.5 Å². The van der Waals surface area contributed by atoms with Gasteiger partial charge in [0, 0.05) is 25.7 Å². The molecule has 2 rings (SSSR count). The van der Waals surface area contributed by atoms with Crippen LogP contribution in [-0.4, -0.2) is 44.4 Å². The van der Waals surface area contributed by atoms with Crippen LogP contribution in [0.5, 0.6) is 0 Å². The maximum atomic E-state index is 12.8. The minimum atomic E-state index is -3.43. The van der Waals surface area contributed by atoms with Gasteiger partial charge in [-0.05, 0) is 56.2 Å². The van der Waals surface area contributed by atoms with Crippen molar-refractivity contribution in [3.05, 3.63) is 29.8 Å². The van der Waals surface area contributed by atoms with Gasteiger partial charge in [0.1, 0.15) is 0 Å². The second kappa shape index (κ2) is 10.1. The van der Waals surface area contributed by atoms with Crippen molar-refractivity contribution in [2.24, 2.45) is 5.92 Å². The first kappa shape index (κ1) is 21.7. The molecule has 1 atom stereocenters. The van der Waals surface area contributed by atoms with E-state index in [1.165, 1.54) is 0 Å². The predicted molar refractivity (Wildman–Crippen MR) is 108 cm³/mol. The molecule has 6 nitrogen and oxygen atoms in total. The number of nitrogens with zero attached hydrogens (tertiary/aromatic N) is 1. The summed E-state index contributed by atoms with van der Waals surface area (Å²) in [5, 5.41) is 5.67. The Bertz CT molecular complexity index is 702.